The van der Waals surface area contributed by atoms with Crippen molar-refractivity contribution in [1.29, 1.82) is 0 Å². The molecule has 0 radical (unpaired) electrons. The zero-order valence-corrected chi connectivity index (χ0v) is 11.4. The first-order chi connectivity index (χ1) is 8.58. The number of aliphatic carboxylic acids is 1. The Morgan fingerprint density at radius 2 is 2.11 bits per heavy atom. The second-order valence-electron chi connectivity index (χ2n) is 5.17. The lowest BCUT2D eigenvalue weighted by atomic mass is 10.1. The molecule has 1 aromatic heterocycles. The predicted molar refractivity (Wildman–Crippen MR) is 69.8 cm³/mol. The van der Waals surface area contributed by atoms with Crippen LogP contribution >= 0.6 is 0 Å². The largest absolute Gasteiger partial charge is 0.481 e. The van der Waals surface area contributed by atoms with Gasteiger partial charge in [0.15, 0.2) is 0 Å². The number of nitrogens with zero attached hydrogens (tertiary/aromatic N) is 2. The maximum Gasteiger partial charge on any atom is 0.307 e. The SMILES string of the molecule is CCc1nn(C(C)C2CC2)c(CC)c1CC(=O)O. The molecular weight excluding hydrogens is 228 g/mol. The molecule has 2 rings (SSSR count). The summed E-state index contributed by atoms with van der Waals surface area (Å²) in [6, 6.07) is 0.410. The molecule has 1 saturated carbocycles. The summed E-state index contributed by atoms with van der Waals surface area (Å²) >= 11 is 0. The zero-order chi connectivity index (χ0) is 13.3. The van der Waals surface area contributed by atoms with Crippen LogP contribution in [-0.2, 0) is 24.1 Å². The van der Waals surface area contributed by atoms with Crippen molar-refractivity contribution in [3.63, 3.8) is 0 Å². The first-order valence-electron chi connectivity index (χ1n) is 6.89. The Balaban J connectivity index is 2.39. The smallest absolute Gasteiger partial charge is 0.307 e. The summed E-state index contributed by atoms with van der Waals surface area (Å²) in [5, 5.41) is 13.7. The van der Waals surface area contributed by atoms with Gasteiger partial charge < -0.3 is 5.11 Å². The summed E-state index contributed by atoms with van der Waals surface area (Å²) in [6.45, 7) is 6.32. The number of aryl methyl sites for hydroxylation is 1. The Morgan fingerprint density at radius 1 is 1.44 bits per heavy atom. The van der Waals surface area contributed by atoms with E-state index in [0.717, 1.165) is 35.7 Å². The second-order valence-corrected chi connectivity index (χ2v) is 5.17. The van der Waals surface area contributed by atoms with E-state index in [0.29, 0.717) is 6.04 Å². The van der Waals surface area contributed by atoms with E-state index in [2.05, 4.69) is 23.6 Å². The van der Waals surface area contributed by atoms with Crippen LogP contribution in [0.3, 0.4) is 0 Å². The molecule has 1 aliphatic carbocycles. The molecule has 1 N–H and O–H groups in total. The molecule has 0 aromatic carbocycles. The Labute approximate surface area is 108 Å². The van der Waals surface area contributed by atoms with E-state index < -0.39 is 5.97 Å². The fourth-order valence-electron chi connectivity index (χ4n) is 2.69. The molecular formula is C14H22N2O2. The van der Waals surface area contributed by atoms with E-state index in [1.165, 1.54) is 12.8 Å². The minimum absolute atomic E-state index is 0.101. The Kier molecular flexibility index (Phi) is 3.73. The number of hydrogen-bond donors (Lipinski definition) is 1. The monoisotopic (exact) mass is 250 g/mol. The first kappa shape index (κ1) is 13.1. The minimum atomic E-state index is -0.766. The van der Waals surface area contributed by atoms with E-state index in [4.69, 9.17) is 5.11 Å². The first-order valence-corrected chi connectivity index (χ1v) is 6.89. The summed E-state index contributed by atoms with van der Waals surface area (Å²) in [6.07, 6.45) is 4.32. The number of hydrogen-bond acceptors (Lipinski definition) is 2. The van der Waals surface area contributed by atoms with E-state index in [1.54, 1.807) is 0 Å². The van der Waals surface area contributed by atoms with Gasteiger partial charge in [0.2, 0.25) is 0 Å². The summed E-state index contributed by atoms with van der Waals surface area (Å²) in [4.78, 5) is 11.0. The molecule has 0 saturated heterocycles. The third-order valence-electron chi connectivity index (χ3n) is 3.89. The van der Waals surface area contributed by atoms with Crippen LogP contribution in [0.15, 0.2) is 0 Å². The average molecular weight is 250 g/mol. The van der Waals surface area contributed by atoms with Crippen molar-refractivity contribution >= 4 is 5.97 Å². The molecule has 4 nitrogen and oxygen atoms in total. The van der Waals surface area contributed by atoms with Gasteiger partial charge in [0.1, 0.15) is 0 Å². The van der Waals surface area contributed by atoms with Gasteiger partial charge in [-0.15, -0.1) is 0 Å². The van der Waals surface area contributed by atoms with Crippen LogP contribution < -0.4 is 0 Å². The fraction of sp³-hybridized carbons (Fsp3) is 0.714. The van der Waals surface area contributed by atoms with Gasteiger partial charge in [-0.3, -0.25) is 9.48 Å². The van der Waals surface area contributed by atoms with Crippen molar-refractivity contribution in [2.24, 2.45) is 5.92 Å². The van der Waals surface area contributed by atoms with E-state index in [9.17, 15) is 4.79 Å². The van der Waals surface area contributed by atoms with Crippen LogP contribution in [-0.4, -0.2) is 20.9 Å². The summed E-state index contributed by atoms with van der Waals surface area (Å²) in [5.41, 5.74) is 3.02. The van der Waals surface area contributed by atoms with Gasteiger partial charge >= 0.3 is 5.97 Å². The molecule has 1 aromatic rings. The van der Waals surface area contributed by atoms with Crippen LogP contribution in [0.25, 0.3) is 0 Å². The van der Waals surface area contributed by atoms with Gasteiger partial charge in [0, 0.05) is 11.3 Å². The summed E-state index contributed by atoms with van der Waals surface area (Å²) < 4.78 is 2.09. The van der Waals surface area contributed by atoms with Gasteiger partial charge in [-0.1, -0.05) is 13.8 Å². The third kappa shape index (κ3) is 2.42. The van der Waals surface area contributed by atoms with Crippen LogP contribution in [0.2, 0.25) is 0 Å². The molecule has 1 atom stereocenters. The van der Waals surface area contributed by atoms with Crippen LogP contribution in [0, 0.1) is 5.92 Å². The number of aromatic nitrogens is 2. The van der Waals surface area contributed by atoms with Crippen molar-refractivity contribution in [3.8, 4) is 0 Å². The number of carbonyl (C=O) groups is 1. The van der Waals surface area contributed by atoms with E-state index in [1.807, 2.05) is 6.92 Å². The lowest BCUT2D eigenvalue weighted by Gasteiger charge is -2.14. The zero-order valence-electron chi connectivity index (χ0n) is 11.4. The van der Waals surface area contributed by atoms with Crippen molar-refractivity contribution in [1.82, 2.24) is 9.78 Å². The summed E-state index contributed by atoms with van der Waals surface area (Å²) in [5.74, 6) is -0.0318. The molecule has 0 spiro atoms. The molecule has 0 aliphatic heterocycles. The molecule has 18 heavy (non-hydrogen) atoms. The lowest BCUT2D eigenvalue weighted by Crippen LogP contribution is -2.13. The van der Waals surface area contributed by atoms with Crippen molar-refractivity contribution < 1.29 is 9.90 Å². The number of carboxylic acid groups (broad SMARTS) is 1. The van der Waals surface area contributed by atoms with Crippen molar-refractivity contribution in [2.75, 3.05) is 0 Å². The molecule has 1 aliphatic rings. The highest BCUT2D eigenvalue weighted by Gasteiger charge is 2.32. The predicted octanol–water partition coefficient (Wildman–Crippen LogP) is 2.61. The van der Waals surface area contributed by atoms with Crippen LogP contribution in [0.1, 0.15) is 56.6 Å². The highest BCUT2D eigenvalue weighted by Crippen LogP contribution is 2.40. The number of carboxylic acids is 1. The van der Waals surface area contributed by atoms with Gasteiger partial charge in [-0.2, -0.15) is 5.10 Å². The molecule has 1 fully saturated rings. The maximum absolute atomic E-state index is 11.0. The Bertz CT molecular complexity index is 447. The standard InChI is InChI=1S/C14H22N2O2/c1-4-12-11(8-14(17)18)13(5-2)16(15-12)9(3)10-6-7-10/h9-10H,4-8H2,1-3H3,(H,17,18). The molecule has 0 amide bonds. The highest BCUT2D eigenvalue weighted by molar-refractivity contribution is 5.71. The number of rotatable bonds is 6. The van der Waals surface area contributed by atoms with Gasteiger partial charge in [-0.05, 0) is 38.5 Å². The lowest BCUT2D eigenvalue weighted by molar-refractivity contribution is -0.136. The molecule has 1 unspecified atom stereocenters. The molecule has 4 heteroatoms. The normalized spacial score (nSPS) is 16.8. The fourth-order valence-corrected chi connectivity index (χ4v) is 2.69. The van der Waals surface area contributed by atoms with Gasteiger partial charge in [0.05, 0.1) is 18.2 Å². The van der Waals surface area contributed by atoms with Crippen LogP contribution in [0.4, 0.5) is 0 Å². The Hall–Kier alpha value is -1.32. The third-order valence-corrected chi connectivity index (χ3v) is 3.89. The van der Waals surface area contributed by atoms with E-state index in [-0.39, 0.29) is 6.42 Å². The quantitative estimate of drug-likeness (QED) is 0.844. The highest BCUT2D eigenvalue weighted by atomic mass is 16.4. The second kappa shape index (κ2) is 5.12. The van der Waals surface area contributed by atoms with Crippen molar-refractivity contribution in [3.05, 3.63) is 17.0 Å². The summed E-state index contributed by atoms with van der Waals surface area (Å²) in [7, 11) is 0. The van der Waals surface area contributed by atoms with Gasteiger partial charge in [-0.25, -0.2) is 0 Å². The molecule has 100 valence electrons. The van der Waals surface area contributed by atoms with E-state index >= 15 is 0 Å². The molecule has 0 bridgehead atoms. The Morgan fingerprint density at radius 3 is 2.56 bits per heavy atom. The van der Waals surface area contributed by atoms with Crippen LogP contribution in [0.5, 0.6) is 0 Å². The molecule has 1 heterocycles. The maximum atomic E-state index is 11.0. The minimum Gasteiger partial charge on any atom is -0.481 e. The van der Waals surface area contributed by atoms with Gasteiger partial charge in [0.25, 0.3) is 0 Å². The van der Waals surface area contributed by atoms with Crippen molar-refractivity contribution in [2.45, 2.75) is 58.9 Å². The average Bonchev–Trinajstić information content (AvgIpc) is 3.11. The topological polar surface area (TPSA) is 55.1 Å².